The molecule has 0 amide bonds. The fourth-order valence-electron chi connectivity index (χ4n) is 2.04. The Morgan fingerprint density at radius 3 is 3.14 bits per heavy atom. The van der Waals surface area contributed by atoms with Crippen molar-refractivity contribution in [1.82, 2.24) is 5.32 Å². The normalized spacial score (nSPS) is 23.9. The molecule has 2 heterocycles. The average Bonchev–Trinajstić information content (AvgIpc) is 2.87. The fraction of sp³-hybridized carbons (Fsp3) is 0.636. The lowest BCUT2D eigenvalue weighted by Crippen LogP contribution is -2.28. The summed E-state index contributed by atoms with van der Waals surface area (Å²) in [5, 5.41) is 3.49. The maximum absolute atomic E-state index is 5.41. The second-order valence-electron chi connectivity index (χ2n) is 3.72. The van der Waals surface area contributed by atoms with Crippen molar-refractivity contribution in [2.45, 2.75) is 19.4 Å². The van der Waals surface area contributed by atoms with Gasteiger partial charge in [0.2, 0.25) is 0 Å². The quantitative estimate of drug-likeness (QED) is 0.797. The maximum atomic E-state index is 5.41. The molecule has 0 spiro atoms. The Balaban J connectivity index is 2.06. The van der Waals surface area contributed by atoms with E-state index in [0.717, 1.165) is 26.2 Å². The van der Waals surface area contributed by atoms with E-state index in [2.05, 4.69) is 12.2 Å². The molecule has 2 unspecified atom stereocenters. The Bertz CT molecular complexity index is 252. The highest BCUT2D eigenvalue weighted by Crippen LogP contribution is 2.28. The van der Waals surface area contributed by atoms with Gasteiger partial charge in [-0.3, -0.25) is 0 Å². The summed E-state index contributed by atoms with van der Waals surface area (Å²) in [6, 6.07) is 2.42. The topological polar surface area (TPSA) is 34.4 Å². The molecule has 0 saturated carbocycles. The Morgan fingerprint density at radius 1 is 1.64 bits per heavy atom. The van der Waals surface area contributed by atoms with Crippen LogP contribution in [0.3, 0.4) is 0 Å². The minimum absolute atomic E-state index is 0.390. The molecular formula is C11H17NO2. The van der Waals surface area contributed by atoms with Gasteiger partial charge in [-0.2, -0.15) is 0 Å². The first-order valence-electron chi connectivity index (χ1n) is 5.25. The Hall–Kier alpha value is -0.800. The number of hydrogen-bond acceptors (Lipinski definition) is 3. The Labute approximate surface area is 84.4 Å². The molecule has 2 rings (SSSR count). The van der Waals surface area contributed by atoms with Crippen molar-refractivity contribution in [3.8, 4) is 0 Å². The number of rotatable bonds is 4. The van der Waals surface area contributed by atoms with Crippen LogP contribution in [0, 0.1) is 5.92 Å². The second-order valence-corrected chi connectivity index (χ2v) is 3.72. The van der Waals surface area contributed by atoms with E-state index in [1.54, 1.807) is 6.26 Å². The van der Waals surface area contributed by atoms with Crippen LogP contribution in [-0.2, 0) is 4.74 Å². The molecule has 1 aromatic heterocycles. The average molecular weight is 195 g/mol. The monoisotopic (exact) mass is 195 g/mol. The van der Waals surface area contributed by atoms with Crippen molar-refractivity contribution >= 4 is 0 Å². The van der Waals surface area contributed by atoms with Crippen LogP contribution in [0.4, 0.5) is 0 Å². The van der Waals surface area contributed by atoms with E-state index in [-0.39, 0.29) is 0 Å². The first kappa shape index (κ1) is 9.74. The first-order valence-corrected chi connectivity index (χ1v) is 5.25. The third-order valence-electron chi connectivity index (χ3n) is 2.76. The Kier molecular flexibility index (Phi) is 3.22. The van der Waals surface area contributed by atoms with Crippen molar-refractivity contribution in [2.75, 3.05) is 19.8 Å². The third kappa shape index (κ3) is 1.99. The van der Waals surface area contributed by atoms with Gasteiger partial charge in [-0.25, -0.2) is 0 Å². The molecule has 1 saturated heterocycles. The van der Waals surface area contributed by atoms with Gasteiger partial charge in [0.15, 0.2) is 0 Å². The van der Waals surface area contributed by atoms with Crippen molar-refractivity contribution in [1.29, 1.82) is 0 Å². The molecule has 78 valence electrons. The van der Waals surface area contributed by atoms with Crippen LogP contribution in [-0.4, -0.2) is 19.8 Å². The van der Waals surface area contributed by atoms with Gasteiger partial charge in [-0.1, -0.05) is 6.92 Å². The number of furan rings is 1. The van der Waals surface area contributed by atoms with Gasteiger partial charge in [-0.05, 0) is 19.0 Å². The highest BCUT2D eigenvalue weighted by Gasteiger charge is 2.26. The van der Waals surface area contributed by atoms with Crippen molar-refractivity contribution in [3.05, 3.63) is 24.2 Å². The minimum Gasteiger partial charge on any atom is -0.472 e. The molecule has 0 bridgehead atoms. The smallest absolute Gasteiger partial charge is 0.0950 e. The predicted molar refractivity (Wildman–Crippen MR) is 54.1 cm³/mol. The molecule has 1 aliphatic rings. The molecular weight excluding hydrogens is 178 g/mol. The summed E-state index contributed by atoms with van der Waals surface area (Å²) in [5.41, 5.74) is 1.24. The van der Waals surface area contributed by atoms with Gasteiger partial charge >= 0.3 is 0 Å². The van der Waals surface area contributed by atoms with E-state index in [1.807, 2.05) is 12.3 Å². The molecule has 14 heavy (non-hydrogen) atoms. The van der Waals surface area contributed by atoms with Crippen LogP contribution in [0.15, 0.2) is 23.0 Å². The van der Waals surface area contributed by atoms with Crippen LogP contribution < -0.4 is 5.32 Å². The summed E-state index contributed by atoms with van der Waals surface area (Å²) in [4.78, 5) is 0. The van der Waals surface area contributed by atoms with E-state index in [0.29, 0.717) is 12.0 Å². The molecule has 1 fully saturated rings. The van der Waals surface area contributed by atoms with E-state index in [1.165, 1.54) is 5.56 Å². The summed E-state index contributed by atoms with van der Waals surface area (Å²) in [6.45, 7) is 4.86. The number of nitrogens with one attached hydrogen (secondary N) is 1. The zero-order valence-corrected chi connectivity index (χ0v) is 8.53. The molecule has 1 aliphatic heterocycles. The summed E-state index contributed by atoms with van der Waals surface area (Å²) in [6.07, 6.45) is 4.70. The van der Waals surface area contributed by atoms with Crippen molar-refractivity contribution in [2.24, 2.45) is 5.92 Å². The lowest BCUT2D eigenvalue weighted by molar-refractivity contribution is 0.177. The summed E-state index contributed by atoms with van der Waals surface area (Å²) < 4.78 is 10.5. The van der Waals surface area contributed by atoms with Gasteiger partial charge in [0.05, 0.1) is 19.1 Å². The molecule has 0 aromatic carbocycles. The zero-order valence-electron chi connectivity index (χ0n) is 8.53. The molecule has 1 aromatic rings. The predicted octanol–water partition coefficient (Wildman–Crippen LogP) is 1.97. The van der Waals surface area contributed by atoms with Crippen molar-refractivity contribution < 1.29 is 9.15 Å². The lowest BCUT2D eigenvalue weighted by atomic mass is 9.94. The lowest BCUT2D eigenvalue weighted by Gasteiger charge is -2.21. The number of hydrogen-bond donors (Lipinski definition) is 1. The molecule has 1 N–H and O–H groups in total. The second kappa shape index (κ2) is 4.62. The first-order chi connectivity index (χ1) is 6.92. The summed E-state index contributed by atoms with van der Waals surface area (Å²) in [5.74, 6) is 0.590. The molecule has 0 aliphatic carbocycles. The largest absolute Gasteiger partial charge is 0.472 e. The van der Waals surface area contributed by atoms with Crippen LogP contribution in [0.2, 0.25) is 0 Å². The van der Waals surface area contributed by atoms with Gasteiger partial charge in [0, 0.05) is 24.1 Å². The van der Waals surface area contributed by atoms with Gasteiger partial charge in [0.25, 0.3) is 0 Å². The van der Waals surface area contributed by atoms with E-state index in [9.17, 15) is 0 Å². The Morgan fingerprint density at radius 2 is 2.57 bits per heavy atom. The SMILES string of the molecule is CCNC(c1ccoc1)C1CCOC1. The fourth-order valence-corrected chi connectivity index (χ4v) is 2.04. The van der Waals surface area contributed by atoms with Gasteiger partial charge in [-0.15, -0.1) is 0 Å². The summed E-state index contributed by atoms with van der Waals surface area (Å²) >= 11 is 0. The number of ether oxygens (including phenoxy) is 1. The molecule has 2 atom stereocenters. The van der Waals surface area contributed by atoms with E-state index < -0.39 is 0 Å². The van der Waals surface area contributed by atoms with Crippen molar-refractivity contribution in [3.63, 3.8) is 0 Å². The highest BCUT2D eigenvalue weighted by atomic mass is 16.5. The van der Waals surface area contributed by atoms with Gasteiger partial charge < -0.3 is 14.5 Å². The summed E-state index contributed by atoms with van der Waals surface area (Å²) in [7, 11) is 0. The molecule has 0 radical (unpaired) electrons. The highest BCUT2D eigenvalue weighted by molar-refractivity contribution is 5.13. The molecule has 3 nitrogen and oxygen atoms in total. The van der Waals surface area contributed by atoms with Crippen LogP contribution in [0.5, 0.6) is 0 Å². The molecule has 3 heteroatoms. The zero-order chi connectivity index (χ0) is 9.80. The minimum atomic E-state index is 0.390. The van der Waals surface area contributed by atoms with Crippen LogP contribution in [0.25, 0.3) is 0 Å². The van der Waals surface area contributed by atoms with Crippen LogP contribution in [0.1, 0.15) is 24.9 Å². The van der Waals surface area contributed by atoms with Crippen LogP contribution >= 0.6 is 0 Å². The van der Waals surface area contributed by atoms with Gasteiger partial charge in [0.1, 0.15) is 0 Å². The van der Waals surface area contributed by atoms with E-state index in [4.69, 9.17) is 9.15 Å². The third-order valence-corrected chi connectivity index (χ3v) is 2.76. The maximum Gasteiger partial charge on any atom is 0.0950 e. The standard InChI is InChI=1S/C11H17NO2/c1-2-12-11(9-3-5-13-7-9)10-4-6-14-8-10/h3,5,7,10-12H,2,4,6,8H2,1H3. The van der Waals surface area contributed by atoms with E-state index >= 15 is 0 Å².